The van der Waals surface area contributed by atoms with Crippen LogP contribution in [0.4, 0.5) is 8.78 Å². The minimum atomic E-state index is -0.756. The fourth-order valence-electron chi connectivity index (χ4n) is 3.40. The van der Waals surface area contributed by atoms with Crippen LogP contribution in [-0.4, -0.2) is 29.3 Å². The second kappa shape index (κ2) is 6.00. The Morgan fingerprint density at radius 3 is 2.30 bits per heavy atom. The van der Waals surface area contributed by atoms with E-state index >= 15 is 0 Å². The monoisotopic (exact) mass is 281 g/mol. The number of nitrogens with zero attached hydrogens (tertiary/aromatic N) is 1. The minimum absolute atomic E-state index is 0.0141. The van der Waals surface area contributed by atoms with Gasteiger partial charge in [-0.3, -0.25) is 9.69 Å². The summed E-state index contributed by atoms with van der Waals surface area (Å²) in [5.41, 5.74) is -0.595. The molecule has 0 atom stereocenters. The van der Waals surface area contributed by atoms with Crippen LogP contribution in [0.1, 0.15) is 49.9 Å². The smallest absolute Gasteiger partial charge is 0.186 e. The normalized spacial score (nSPS) is 17.6. The van der Waals surface area contributed by atoms with E-state index in [2.05, 4.69) is 4.90 Å². The summed E-state index contributed by atoms with van der Waals surface area (Å²) in [6.45, 7) is 5.53. The van der Waals surface area contributed by atoms with Crippen LogP contribution in [0.3, 0.4) is 0 Å². The molecule has 0 unspecified atom stereocenters. The van der Waals surface area contributed by atoms with Crippen LogP contribution in [0, 0.1) is 11.6 Å². The van der Waals surface area contributed by atoms with E-state index in [4.69, 9.17) is 0 Å². The van der Waals surface area contributed by atoms with Crippen LogP contribution in [0.5, 0.6) is 0 Å². The maximum atomic E-state index is 13.9. The van der Waals surface area contributed by atoms with E-state index in [0.29, 0.717) is 0 Å². The van der Waals surface area contributed by atoms with Crippen molar-refractivity contribution in [1.29, 1.82) is 0 Å². The number of rotatable bonds is 5. The Morgan fingerprint density at radius 1 is 1.20 bits per heavy atom. The molecule has 1 saturated carbocycles. The van der Waals surface area contributed by atoms with Crippen molar-refractivity contribution in [3.8, 4) is 0 Å². The molecule has 2 nitrogen and oxygen atoms in total. The Balaban J connectivity index is 2.41. The highest BCUT2D eigenvalue weighted by atomic mass is 19.1. The summed E-state index contributed by atoms with van der Waals surface area (Å²) >= 11 is 0. The van der Waals surface area contributed by atoms with Crippen molar-refractivity contribution in [2.45, 2.75) is 45.1 Å². The molecule has 0 saturated heterocycles. The van der Waals surface area contributed by atoms with E-state index in [-0.39, 0.29) is 11.3 Å². The van der Waals surface area contributed by atoms with Crippen LogP contribution in [0.2, 0.25) is 0 Å². The molecule has 1 aliphatic rings. The van der Waals surface area contributed by atoms with Crippen molar-refractivity contribution in [3.05, 3.63) is 35.4 Å². The van der Waals surface area contributed by atoms with E-state index in [1.165, 1.54) is 6.07 Å². The largest absolute Gasteiger partial charge is 0.292 e. The first-order chi connectivity index (χ1) is 9.55. The summed E-state index contributed by atoms with van der Waals surface area (Å²) in [6, 6.07) is 3.22. The van der Waals surface area contributed by atoms with Crippen LogP contribution in [-0.2, 0) is 0 Å². The molecular weight excluding hydrogens is 260 g/mol. The van der Waals surface area contributed by atoms with Gasteiger partial charge in [-0.25, -0.2) is 8.78 Å². The molecule has 0 aromatic heterocycles. The van der Waals surface area contributed by atoms with Gasteiger partial charge in [-0.05, 0) is 38.1 Å². The third-order valence-electron chi connectivity index (χ3n) is 4.40. The fraction of sp³-hybridized carbons (Fsp3) is 0.562. The molecule has 1 fully saturated rings. The minimum Gasteiger partial charge on any atom is -0.292 e. The number of hydrogen-bond acceptors (Lipinski definition) is 2. The molecule has 0 bridgehead atoms. The van der Waals surface area contributed by atoms with Crippen LogP contribution >= 0.6 is 0 Å². The Hall–Kier alpha value is -1.29. The van der Waals surface area contributed by atoms with Crippen molar-refractivity contribution < 1.29 is 13.6 Å². The van der Waals surface area contributed by atoms with Gasteiger partial charge in [-0.1, -0.05) is 26.7 Å². The molecule has 20 heavy (non-hydrogen) atoms. The molecule has 0 amide bonds. The number of ketones is 1. The van der Waals surface area contributed by atoms with E-state index in [9.17, 15) is 13.6 Å². The molecule has 0 radical (unpaired) electrons. The number of benzene rings is 1. The first-order valence-corrected chi connectivity index (χ1v) is 7.30. The lowest BCUT2D eigenvalue weighted by Crippen LogP contribution is -2.52. The number of halogens is 2. The molecule has 1 aromatic rings. The summed E-state index contributed by atoms with van der Waals surface area (Å²) in [6.07, 6.45) is 3.46. The van der Waals surface area contributed by atoms with Crippen molar-refractivity contribution in [2.75, 3.05) is 13.1 Å². The number of hydrogen-bond donors (Lipinski definition) is 0. The molecule has 2 rings (SSSR count). The first kappa shape index (κ1) is 15.1. The second-order valence-electron chi connectivity index (χ2n) is 5.36. The Morgan fingerprint density at radius 2 is 1.80 bits per heavy atom. The van der Waals surface area contributed by atoms with Gasteiger partial charge < -0.3 is 0 Å². The van der Waals surface area contributed by atoms with Gasteiger partial charge >= 0.3 is 0 Å². The molecule has 110 valence electrons. The summed E-state index contributed by atoms with van der Waals surface area (Å²) in [7, 11) is 0. The zero-order valence-corrected chi connectivity index (χ0v) is 12.1. The fourth-order valence-corrected chi connectivity index (χ4v) is 3.40. The van der Waals surface area contributed by atoms with E-state index < -0.39 is 17.2 Å². The average molecular weight is 281 g/mol. The molecule has 1 aromatic carbocycles. The van der Waals surface area contributed by atoms with Gasteiger partial charge in [0.2, 0.25) is 0 Å². The zero-order valence-electron chi connectivity index (χ0n) is 12.1. The number of Topliss-reactive ketones (excluding diaryl/α,β-unsaturated/α-hetero) is 1. The summed E-state index contributed by atoms with van der Waals surface area (Å²) in [5.74, 6) is -1.60. The second-order valence-corrected chi connectivity index (χ2v) is 5.36. The lowest BCUT2D eigenvalue weighted by Gasteiger charge is -2.39. The highest BCUT2D eigenvalue weighted by Crippen LogP contribution is 2.38. The molecule has 0 spiro atoms. The third kappa shape index (κ3) is 2.49. The average Bonchev–Trinajstić information content (AvgIpc) is 2.90. The lowest BCUT2D eigenvalue weighted by atomic mass is 9.85. The first-order valence-electron chi connectivity index (χ1n) is 7.30. The number of likely N-dealkylation sites (N-methyl/N-ethyl adjacent to an activating group) is 1. The van der Waals surface area contributed by atoms with E-state index in [1.807, 2.05) is 13.8 Å². The molecule has 1 aliphatic carbocycles. The quantitative estimate of drug-likeness (QED) is 0.765. The Bertz CT molecular complexity index is 491. The van der Waals surface area contributed by atoms with Gasteiger partial charge in [0.1, 0.15) is 11.6 Å². The third-order valence-corrected chi connectivity index (χ3v) is 4.40. The van der Waals surface area contributed by atoms with Gasteiger partial charge in [-0.2, -0.15) is 0 Å². The highest BCUT2D eigenvalue weighted by molar-refractivity contribution is 6.03. The maximum Gasteiger partial charge on any atom is 0.186 e. The number of carbonyl (C=O) groups excluding carboxylic acids is 1. The van der Waals surface area contributed by atoms with Gasteiger partial charge in [0.05, 0.1) is 11.1 Å². The maximum absolute atomic E-state index is 13.9. The van der Waals surface area contributed by atoms with Gasteiger partial charge in [0, 0.05) is 6.07 Å². The Kier molecular flexibility index (Phi) is 4.53. The predicted octanol–water partition coefficient (Wildman–Crippen LogP) is 3.80. The van der Waals surface area contributed by atoms with Gasteiger partial charge in [-0.15, -0.1) is 0 Å². The van der Waals surface area contributed by atoms with E-state index in [0.717, 1.165) is 50.9 Å². The van der Waals surface area contributed by atoms with Crippen molar-refractivity contribution in [3.63, 3.8) is 0 Å². The SMILES string of the molecule is CCN(CC)C1(C(=O)c2ccc(F)cc2F)CCCC1. The summed E-state index contributed by atoms with van der Waals surface area (Å²) in [4.78, 5) is 15.0. The summed E-state index contributed by atoms with van der Waals surface area (Å²) < 4.78 is 26.9. The summed E-state index contributed by atoms with van der Waals surface area (Å²) in [5, 5.41) is 0. The predicted molar refractivity (Wildman–Crippen MR) is 74.8 cm³/mol. The van der Waals surface area contributed by atoms with Crippen molar-refractivity contribution in [1.82, 2.24) is 4.90 Å². The van der Waals surface area contributed by atoms with Crippen LogP contribution < -0.4 is 0 Å². The topological polar surface area (TPSA) is 20.3 Å². The molecular formula is C16H21F2NO. The van der Waals surface area contributed by atoms with Gasteiger partial charge in [0.25, 0.3) is 0 Å². The van der Waals surface area contributed by atoms with Gasteiger partial charge in [0.15, 0.2) is 5.78 Å². The molecule has 0 N–H and O–H groups in total. The van der Waals surface area contributed by atoms with E-state index in [1.54, 1.807) is 0 Å². The van der Waals surface area contributed by atoms with Crippen molar-refractivity contribution in [2.24, 2.45) is 0 Å². The number of carbonyl (C=O) groups is 1. The molecule has 0 heterocycles. The standard InChI is InChI=1S/C16H21F2NO/c1-3-19(4-2)16(9-5-6-10-16)15(20)13-8-7-12(17)11-14(13)18/h7-8,11H,3-6,9-10H2,1-2H3. The highest BCUT2D eigenvalue weighted by Gasteiger charge is 2.45. The lowest BCUT2D eigenvalue weighted by molar-refractivity contribution is 0.0580. The van der Waals surface area contributed by atoms with Crippen LogP contribution in [0.15, 0.2) is 18.2 Å². The molecule has 4 heteroatoms. The van der Waals surface area contributed by atoms with Crippen LogP contribution in [0.25, 0.3) is 0 Å². The Labute approximate surface area is 118 Å². The molecule has 0 aliphatic heterocycles. The van der Waals surface area contributed by atoms with Crippen molar-refractivity contribution >= 4 is 5.78 Å². The zero-order chi connectivity index (χ0) is 14.8.